The third kappa shape index (κ3) is 5.73. The van der Waals surface area contributed by atoms with Gasteiger partial charge in [-0.1, -0.05) is 23.9 Å². The molecule has 3 rings (SSSR count). The average Bonchev–Trinajstić information content (AvgIpc) is 3.14. The van der Waals surface area contributed by atoms with Crippen molar-refractivity contribution in [3.8, 4) is 5.75 Å². The summed E-state index contributed by atoms with van der Waals surface area (Å²) in [6.07, 6.45) is 1.31. The maximum Gasteiger partial charge on any atom is 0.234 e. The summed E-state index contributed by atoms with van der Waals surface area (Å²) in [6, 6.07) is 8.84. The van der Waals surface area contributed by atoms with E-state index in [1.165, 1.54) is 11.6 Å². The molecule has 1 aromatic heterocycles. The van der Waals surface area contributed by atoms with E-state index in [4.69, 9.17) is 4.74 Å². The Morgan fingerprint density at radius 2 is 2.00 bits per heavy atom. The molecule has 2 aromatic carbocycles. The van der Waals surface area contributed by atoms with Crippen molar-refractivity contribution in [3.05, 3.63) is 77.6 Å². The third-order valence-electron chi connectivity index (χ3n) is 4.75. The Balaban J connectivity index is 1.68. The summed E-state index contributed by atoms with van der Waals surface area (Å²) in [6.45, 7) is 10.1. The van der Waals surface area contributed by atoms with E-state index < -0.39 is 17.5 Å². The minimum absolute atomic E-state index is 0.0293. The molecule has 32 heavy (non-hydrogen) atoms. The summed E-state index contributed by atoms with van der Waals surface area (Å²) in [4.78, 5) is 12.2. The maximum absolute atomic E-state index is 13.7. The fraction of sp³-hybridized carbons (Fsp3) is 0.261. The summed E-state index contributed by atoms with van der Waals surface area (Å²) in [7, 11) is 0. The van der Waals surface area contributed by atoms with Crippen molar-refractivity contribution in [2.75, 3.05) is 11.1 Å². The van der Waals surface area contributed by atoms with Crippen LogP contribution in [0.5, 0.6) is 5.75 Å². The molecule has 0 aliphatic heterocycles. The van der Waals surface area contributed by atoms with Gasteiger partial charge in [0.15, 0.2) is 17.1 Å². The number of thioether (sulfide) groups is 1. The number of carbonyl (C=O) groups is 1. The number of halogens is 2. The van der Waals surface area contributed by atoms with Crippen LogP contribution in [-0.2, 0) is 11.3 Å². The van der Waals surface area contributed by atoms with Crippen LogP contribution >= 0.6 is 11.8 Å². The molecule has 0 unspecified atom stereocenters. The minimum Gasteiger partial charge on any atom is -0.483 e. The van der Waals surface area contributed by atoms with Crippen molar-refractivity contribution in [3.63, 3.8) is 0 Å². The number of amides is 1. The van der Waals surface area contributed by atoms with Crippen LogP contribution in [0, 0.1) is 25.5 Å². The minimum atomic E-state index is -0.835. The van der Waals surface area contributed by atoms with Crippen molar-refractivity contribution in [2.45, 2.75) is 38.6 Å². The molecule has 9 heteroatoms. The lowest BCUT2D eigenvalue weighted by Gasteiger charge is -2.16. The zero-order chi connectivity index (χ0) is 23.3. The smallest absolute Gasteiger partial charge is 0.234 e. The highest BCUT2D eigenvalue weighted by Crippen LogP contribution is 2.26. The molecule has 0 saturated heterocycles. The number of aryl methyl sites for hydroxylation is 2. The van der Waals surface area contributed by atoms with E-state index >= 15 is 0 Å². The van der Waals surface area contributed by atoms with Crippen molar-refractivity contribution in [1.29, 1.82) is 0 Å². The van der Waals surface area contributed by atoms with Crippen molar-refractivity contribution in [1.82, 2.24) is 14.8 Å². The fourth-order valence-electron chi connectivity index (χ4n) is 2.96. The van der Waals surface area contributed by atoms with E-state index in [0.717, 1.165) is 29.1 Å². The molecular formula is C23H24F2N4O2S. The number of hydrogen-bond donors (Lipinski definition) is 1. The van der Waals surface area contributed by atoms with Gasteiger partial charge in [-0.05, 0) is 56.2 Å². The number of rotatable bonds is 9. The first-order chi connectivity index (χ1) is 15.3. The number of carbonyl (C=O) groups excluding carboxylic acids is 1. The van der Waals surface area contributed by atoms with Crippen LogP contribution in [-0.4, -0.2) is 26.4 Å². The van der Waals surface area contributed by atoms with Crippen LogP contribution in [0.3, 0.4) is 0 Å². The monoisotopic (exact) mass is 458 g/mol. The van der Waals surface area contributed by atoms with Crippen LogP contribution in [0.1, 0.15) is 30.0 Å². The Morgan fingerprint density at radius 3 is 2.69 bits per heavy atom. The Bertz CT molecular complexity index is 1130. The lowest BCUT2D eigenvalue weighted by atomic mass is 10.1. The fourth-order valence-corrected chi connectivity index (χ4v) is 3.71. The Labute approximate surface area is 189 Å². The second-order valence-electron chi connectivity index (χ2n) is 7.21. The largest absolute Gasteiger partial charge is 0.483 e. The predicted molar refractivity (Wildman–Crippen MR) is 121 cm³/mol. The van der Waals surface area contributed by atoms with E-state index in [1.54, 1.807) is 6.08 Å². The molecule has 1 amide bonds. The molecule has 1 N–H and O–H groups in total. The maximum atomic E-state index is 13.7. The SMILES string of the molecule is C=CCn1c(SCC(=O)Nc2ccc(F)cc2F)nnc1[C@@H](C)Oc1ccc(C)c(C)c1. The molecular weight excluding hydrogens is 434 g/mol. The number of hydrogen-bond acceptors (Lipinski definition) is 5. The van der Waals surface area contributed by atoms with Gasteiger partial charge in [-0.15, -0.1) is 16.8 Å². The second kappa shape index (κ2) is 10.4. The lowest BCUT2D eigenvalue weighted by molar-refractivity contribution is -0.113. The molecule has 0 saturated carbocycles. The first-order valence-electron chi connectivity index (χ1n) is 9.94. The van der Waals surface area contributed by atoms with Crippen molar-refractivity contribution < 1.29 is 18.3 Å². The highest BCUT2D eigenvalue weighted by molar-refractivity contribution is 7.99. The van der Waals surface area contributed by atoms with Gasteiger partial charge in [-0.2, -0.15) is 0 Å². The molecule has 0 bridgehead atoms. The first kappa shape index (κ1) is 23.5. The number of nitrogens with one attached hydrogen (secondary N) is 1. The number of aromatic nitrogens is 3. The molecule has 0 aliphatic carbocycles. The van der Waals surface area contributed by atoms with Gasteiger partial charge >= 0.3 is 0 Å². The molecule has 168 valence electrons. The number of anilines is 1. The Morgan fingerprint density at radius 1 is 1.22 bits per heavy atom. The molecule has 0 aliphatic rings. The zero-order valence-electron chi connectivity index (χ0n) is 18.1. The van der Waals surface area contributed by atoms with Gasteiger partial charge < -0.3 is 10.1 Å². The summed E-state index contributed by atoms with van der Waals surface area (Å²) in [5.74, 6) is -0.706. The summed E-state index contributed by atoms with van der Waals surface area (Å²) >= 11 is 1.15. The van der Waals surface area contributed by atoms with Gasteiger partial charge in [-0.25, -0.2) is 8.78 Å². The molecule has 0 fully saturated rings. The van der Waals surface area contributed by atoms with Gasteiger partial charge in [-0.3, -0.25) is 9.36 Å². The quantitative estimate of drug-likeness (QED) is 0.351. The topological polar surface area (TPSA) is 69.0 Å². The summed E-state index contributed by atoms with van der Waals surface area (Å²) in [5.41, 5.74) is 2.22. The highest BCUT2D eigenvalue weighted by atomic mass is 32.2. The van der Waals surface area contributed by atoms with Crippen LogP contribution in [0.15, 0.2) is 54.2 Å². The van der Waals surface area contributed by atoms with Crippen LogP contribution in [0.4, 0.5) is 14.5 Å². The van der Waals surface area contributed by atoms with Crippen molar-refractivity contribution >= 4 is 23.4 Å². The van der Waals surface area contributed by atoms with E-state index in [9.17, 15) is 13.6 Å². The van der Waals surface area contributed by atoms with E-state index in [2.05, 4.69) is 22.1 Å². The van der Waals surface area contributed by atoms with Crippen LogP contribution in [0.2, 0.25) is 0 Å². The highest BCUT2D eigenvalue weighted by Gasteiger charge is 2.20. The molecule has 6 nitrogen and oxygen atoms in total. The Kier molecular flexibility index (Phi) is 7.63. The standard InChI is InChI=1S/C23H24F2N4O2S/c1-5-10-29-22(16(4)31-18-8-6-14(2)15(3)11-18)27-28-23(29)32-13-21(30)26-20-9-7-17(24)12-19(20)25/h5-9,11-12,16H,1,10,13H2,2-4H3,(H,26,30)/t16-/m1/s1. The van der Waals surface area contributed by atoms with Gasteiger partial charge in [0.1, 0.15) is 17.4 Å². The Hall–Kier alpha value is -3.20. The van der Waals surface area contributed by atoms with Crippen molar-refractivity contribution in [2.24, 2.45) is 0 Å². The molecule has 0 radical (unpaired) electrons. The molecule has 0 spiro atoms. The number of benzene rings is 2. The van der Waals surface area contributed by atoms with Gasteiger partial charge in [0.05, 0.1) is 11.4 Å². The lowest BCUT2D eigenvalue weighted by Crippen LogP contribution is -2.16. The zero-order valence-corrected chi connectivity index (χ0v) is 18.9. The number of ether oxygens (including phenoxy) is 1. The van der Waals surface area contributed by atoms with Gasteiger partial charge in [0.25, 0.3) is 0 Å². The second-order valence-corrected chi connectivity index (χ2v) is 8.15. The van der Waals surface area contributed by atoms with E-state index in [1.807, 2.05) is 43.5 Å². The van der Waals surface area contributed by atoms with E-state index in [-0.39, 0.29) is 17.5 Å². The summed E-state index contributed by atoms with van der Waals surface area (Å²) < 4.78 is 34.6. The number of allylic oxidation sites excluding steroid dienone is 1. The predicted octanol–water partition coefficient (Wildman–Crippen LogP) is 5.23. The normalized spacial score (nSPS) is 11.8. The first-order valence-corrected chi connectivity index (χ1v) is 10.9. The van der Waals surface area contributed by atoms with Crippen LogP contribution in [0.25, 0.3) is 0 Å². The molecule has 1 heterocycles. The summed E-state index contributed by atoms with van der Waals surface area (Å²) in [5, 5.41) is 11.4. The van der Waals surface area contributed by atoms with Gasteiger partial charge in [0.2, 0.25) is 5.91 Å². The van der Waals surface area contributed by atoms with Crippen LogP contribution < -0.4 is 10.1 Å². The molecule has 3 aromatic rings. The van der Waals surface area contributed by atoms with E-state index in [0.29, 0.717) is 23.6 Å². The molecule has 1 atom stereocenters. The van der Waals surface area contributed by atoms with Gasteiger partial charge in [0, 0.05) is 12.6 Å². The third-order valence-corrected chi connectivity index (χ3v) is 5.72. The number of nitrogens with zero attached hydrogens (tertiary/aromatic N) is 3. The average molecular weight is 459 g/mol.